The molecule has 2 atom stereocenters. The smallest absolute Gasteiger partial charge is 0.262 e. The minimum Gasteiger partial charge on any atom is -0.310 e. The van der Waals surface area contributed by atoms with Crippen molar-refractivity contribution in [2.45, 2.75) is 64.0 Å². The molecule has 0 aliphatic carbocycles. The number of aromatic nitrogens is 4. The zero-order valence-corrected chi connectivity index (χ0v) is 18.9. The average molecular weight is 428 g/mol. The van der Waals surface area contributed by atoms with Gasteiger partial charge in [0.05, 0.1) is 28.4 Å². The molecule has 1 aromatic carbocycles. The first-order chi connectivity index (χ1) is 14.3. The van der Waals surface area contributed by atoms with Crippen LogP contribution in [0.15, 0.2) is 46.5 Å². The predicted molar refractivity (Wildman–Crippen MR) is 122 cm³/mol. The highest BCUT2D eigenvalue weighted by molar-refractivity contribution is 8.00. The summed E-state index contributed by atoms with van der Waals surface area (Å²) in [6.07, 6.45) is 2.60. The number of fused-ring (bicyclic) bond motifs is 1. The van der Waals surface area contributed by atoms with Crippen molar-refractivity contribution < 1.29 is 4.79 Å². The molecule has 2 aromatic heterocycles. The molecular formula is C22H29N5O2S. The molecule has 1 N–H and O–H groups in total. The van der Waals surface area contributed by atoms with Gasteiger partial charge in [-0.3, -0.25) is 14.2 Å². The monoisotopic (exact) mass is 427 g/mol. The number of nitrogens with zero attached hydrogens (tertiary/aromatic N) is 4. The van der Waals surface area contributed by atoms with E-state index in [0.717, 1.165) is 6.42 Å². The molecule has 0 unspecified atom stereocenters. The molecule has 0 fully saturated rings. The quantitative estimate of drug-likeness (QED) is 0.427. The molecule has 0 saturated carbocycles. The van der Waals surface area contributed by atoms with Gasteiger partial charge in [-0.2, -0.15) is 5.10 Å². The zero-order chi connectivity index (χ0) is 21.8. The van der Waals surface area contributed by atoms with Gasteiger partial charge in [0.1, 0.15) is 5.82 Å². The Morgan fingerprint density at radius 2 is 1.90 bits per heavy atom. The van der Waals surface area contributed by atoms with Crippen LogP contribution in [-0.2, 0) is 11.3 Å². The molecule has 0 spiro atoms. The van der Waals surface area contributed by atoms with Crippen LogP contribution < -0.4 is 10.9 Å². The number of hydrogen-bond donors (Lipinski definition) is 1. The molecule has 0 aliphatic rings. The van der Waals surface area contributed by atoms with E-state index in [1.54, 1.807) is 22.9 Å². The number of carbonyl (C=O) groups excluding carboxylic acids is 1. The van der Waals surface area contributed by atoms with E-state index >= 15 is 0 Å². The van der Waals surface area contributed by atoms with Gasteiger partial charge >= 0.3 is 0 Å². The number of amides is 1. The average Bonchev–Trinajstić information content (AvgIpc) is 3.18. The summed E-state index contributed by atoms with van der Waals surface area (Å²) < 4.78 is 3.50. The van der Waals surface area contributed by atoms with Gasteiger partial charge in [-0.15, -0.1) is 0 Å². The van der Waals surface area contributed by atoms with Gasteiger partial charge in [-0.05, 0) is 38.3 Å². The SMILES string of the molecule is CC[C@@H](C)n1nccc1NC(=O)[C@H](C)Sc1nc2ccccc2c(=O)n1CC(C)C. The number of thioether (sulfide) groups is 1. The lowest BCUT2D eigenvalue weighted by atomic mass is 10.2. The Morgan fingerprint density at radius 3 is 2.60 bits per heavy atom. The predicted octanol–water partition coefficient (Wildman–Crippen LogP) is 4.34. The van der Waals surface area contributed by atoms with Crippen molar-refractivity contribution in [3.63, 3.8) is 0 Å². The van der Waals surface area contributed by atoms with Crippen molar-refractivity contribution in [3.8, 4) is 0 Å². The van der Waals surface area contributed by atoms with E-state index in [-0.39, 0.29) is 23.4 Å². The zero-order valence-electron chi connectivity index (χ0n) is 18.1. The normalized spacial score (nSPS) is 13.5. The minimum absolute atomic E-state index is 0.0701. The van der Waals surface area contributed by atoms with Crippen LogP contribution in [0.25, 0.3) is 10.9 Å². The van der Waals surface area contributed by atoms with Crippen molar-refractivity contribution in [2.75, 3.05) is 5.32 Å². The fourth-order valence-electron chi connectivity index (χ4n) is 3.14. The van der Waals surface area contributed by atoms with Gasteiger partial charge in [-0.1, -0.05) is 44.7 Å². The number of benzene rings is 1. The van der Waals surface area contributed by atoms with E-state index in [1.165, 1.54) is 11.8 Å². The summed E-state index contributed by atoms with van der Waals surface area (Å²) in [6.45, 7) is 10.6. The Labute approximate surface area is 180 Å². The van der Waals surface area contributed by atoms with E-state index in [4.69, 9.17) is 4.98 Å². The molecule has 0 saturated heterocycles. The lowest BCUT2D eigenvalue weighted by Crippen LogP contribution is -2.29. The van der Waals surface area contributed by atoms with Crippen molar-refractivity contribution in [3.05, 3.63) is 46.9 Å². The summed E-state index contributed by atoms with van der Waals surface area (Å²) in [6, 6.07) is 9.32. The molecule has 1 amide bonds. The summed E-state index contributed by atoms with van der Waals surface area (Å²) >= 11 is 1.30. The van der Waals surface area contributed by atoms with E-state index in [9.17, 15) is 9.59 Å². The molecule has 7 nitrogen and oxygen atoms in total. The number of rotatable bonds is 8. The van der Waals surface area contributed by atoms with E-state index < -0.39 is 5.25 Å². The van der Waals surface area contributed by atoms with E-state index in [1.807, 2.05) is 29.8 Å². The minimum atomic E-state index is -0.434. The van der Waals surface area contributed by atoms with Crippen molar-refractivity contribution >= 4 is 34.4 Å². The topological polar surface area (TPSA) is 81.8 Å². The maximum Gasteiger partial charge on any atom is 0.262 e. The summed E-state index contributed by atoms with van der Waals surface area (Å²) in [5.41, 5.74) is 0.576. The van der Waals surface area contributed by atoms with Crippen LogP contribution in [0, 0.1) is 5.92 Å². The van der Waals surface area contributed by atoms with E-state index in [2.05, 4.69) is 38.1 Å². The number of carbonyl (C=O) groups is 1. The van der Waals surface area contributed by atoms with Crippen molar-refractivity contribution in [1.29, 1.82) is 0 Å². The fourth-order valence-corrected chi connectivity index (χ4v) is 4.06. The molecule has 0 aliphatic heterocycles. The second kappa shape index (κ2) is 9.47. The highest BCUT2D eigenvalue weighted by Crippen LogP contribution is 2.25. The first-order valence-electron chi connectivity index (χ1n) is 10.3. The van der Waals surface area contributed by atoms with Crippen LogP contribution in [0.3, 0.4) is 0 Å². The summed E-state index contributed by atoms with van der Waals surface area (Å²) in [5.74, 6) is 0.801. The molecule has 0 radical (unpaired) electrons. The first-order valence-corrected chi connectivity index (χ1v) is 11.2. The van der Waals surface area contributed by atoms with Crippen molar-refractivity contribution in [1.82, 2.24) is 19.3 Å². The molecule has 8 heteroatoms. The second-order valence-corrected chi connectivity index (χ2v) is 9.20. The van der Waals surface area contributed by atoms with Gasteiger partial charge in [0.2, 0.25) is 5.91 Å². The molecule has 2 heterocycles. The third-order valence-electron chi connectivity index (χ3n) is 4.96. The Bertz CT molecular complexity index is 1090. The van der Waals surface area contributed by atoms with Crippen LogP contribution in [0.2, 0.25) is 0 Å². The molecule has 0 bridgehead atoms. The molecule has 3 aromatic rings. The summed E-state index contributed by atoms with van der Waals surface area (Å²) in [7, 11) is 0. The lowest BCUT2D eigenvalue weighted by Gasteiger charge is -2.18. The van der Waals surface area contributed by atoms with Gasteiger partial charge in [0.25, 0.3) is 5.56 Å². The summed E-state index contributed by atoms with van der Waals surface area (Å²) in [5, 5.41) is 8.00. The third kappa shape index (κ3) is 4.75. The highest BCUT2D eigenvalue weighted by atomic mass is 32.2. The number of hydrogen-bond acceptors (Lipinski definition) is 5. The standard InChI is InChI=1S/C22H29N5O2S/c1-6-15(4)27-19(11-12-23-27)25-20(28)16(5)30-22-24-18-10-8-7-9-17(18)21(29)26(22)13-14(2)3/h7-12,14-16H,6,13H2,1-5H3,(H,25,28)/t15-,16+/m1/s1. The molecule has 3 rings (SSSR count). The van der Waals surface area contributed by atoms with Crippen LogP contribution in [-0.4, -0.2) is 30.5 Å². The van der Waals surface area contributed by atoms with Gasteiger partial charge in [0, 0.05) is 12.6 Å². The largest absolute Gasteiger partial charge is 0.310 e. The van der Waals surface area contributed by atoms with Crippen LogP contribution in [0.5, 0.6) is 0 Å². The fraction of sp³-hybridized carbons (Fsp3) is 0.455. The first kappa shape index (κ1) is 22.1. The third-order valence-corrected chi connectivity index (χ3v) is 6.05. The van der Waals surface area contributed by atoms with Gasteiger partial charge in [-0.25, -0.2) is 9.67 Å². The maximum atomic E-state index is 13.0. The molecule has 160 valence electrons. The molecule has 30 heavy (non-hydrogen) atoms. The van der Waals surface area contributed by atoms with Crippen LogP contribution in [0.4, 0.5) is 5.82 Å². The Balaban J connectivity index is 1.87. The van der Waals surface area contributed by atoms with Crippen LogP contribution >= 0.6 is 11.8 Å². The van der Waals surface area contributed by atoms with Gasteiger partial charge < -0.3 is 5.32 Å². The Kier molecular flexibility index (Phi) is 6.97. The highest BCUT2D eigenvalue weighted by Gasteiger charge is 2.21. The number of nitrogens with one attached hydrogen (secondary N) is 1. The maximum absolute atomic E-state index is 13.0. The number of anilines is 1. The van der Waals surface area contributed by atoms with Gasteiger partial charge in [0.15, 0.2) is 5.16 Å². The van der Waals surface area contributed by atoms with Crippen LogP contribution in [0.1, 0.15) is 47.1 Å². The molecular weight excluding hydrogens is 398 g/mol. The van der Waals surface area contributed by atoms with E-state index in [0.29, 0.717) is 28.4 Å². The summed E-state index contributed by atoms with van der Waals surface area (Å²) in [4.78, 5) is 30.6. The second-order valence-electron chi connectivity index (χ2n) is 7.89. The number of para-hydroxylation sites is 1. The lowest BCUT2D eigenvalue weighted by molar-refractivity contribution is -0.115. The van der Waals surface area contributed by atoms with Crippen molar-refractivity contribution in [2.24, 2.45) is 5.92 Å². The Hall–Kier alpha value is -2.61. The Morgan fingerprint density at radius 1 is 1.17 bits per heavy atom.